The van der Waals surface area contributed by atoms with Crippen molar-refractivity contribution in [3.63, 3.8) is 0 Å². The van der Waals surface area contributed by atoms with Crippen molar-refractivity contribution in [2.45, 2.75) is 11.3 Å². The summed E-state index contributed by atoms with van der Waals surface area (Å²) in [4.78, 5) is 24.4. The van der Waals surface area contributed by atoms with Crippen molar-refractivity contribution in [3.8, 4) is 0 Å². The highest BCUT2D eigenvalue weighted by atomic mass is 32.2. The van der Waals surface area contributed by atoms with Crippen LogP contribution >= 0.6 is 23.1 Å². The maximum Gasteiger partial charge on any atom is 0.310 e. The molecule has 1 aromatic heterocycles. The second-order valence-corrected chi connectivity index (χ2v) is 5.91. The van der Waals surface area contributed by atoms with E-state index in [4.69, 9.17) is 4.74 Å². The average molecular weight is 321 g/mol. The number of rotatable bonds is 6. The summed E-state index contributed by atoms with van der Waals surface area (Å²) in [5.74, 6) is -0.742. The van der Waals surface area contributed by atoms with Crippen LogP contribution in [0.25, 0.3) is 0 Å². The van der Waals surface area contributed by atoms with Gasteiger partial charge < -0.3 is 10.1 Å². The van der Waals surface area contributed by atoms with Gasteiger partial charge in [-0.25, -0.2) is 0 Å². The minimum atomic E-state index is -0.401. The molecule has 0 unspecified atom stereocenters. The molecule has 2 rings (SSSR count). The number of amides is 1. The van der Waals surface area contributed by atoms with Crippen LogP contribution in [0.2, 0.25) is 0 Å². The normalized spacial score (nSPS) is 10.1. The molecule has 0 aliphatic heterocycles. The van der Waals surface area contributed by atoms with Gasteiger partial charge in [-0.1, -0.05) is 6.07 Å². The van der Waals surface area contributed by atoms with Gasteiger partial charge in [0.2, 0.25) is 0 Å². The fraction of sp³-hybridized carbons (Fsp3) is 0.200. The first kappa shape index (κ1) is 15.6. The Morgan fingerprint density at radius 2 is 2.19 bits per heavy atom. The van der Waals surface area contributed by atoms with Crippen LogP contribution < -0.4 is 5.32 Å². The molecule has 0 spiro atoms. The number of nitrogens with one attached hydrogen (secondary N) is 1. The Kier molecular flexibility index (Phi) is 5.83. The molecule has 6 heteroatoms. The molecule has 0 bridgehead atoms. The molecular formula is C15H15NO3S2. The maximum atomic E-state index is 11.7. The van der Waals surface area contributed by atoms with E-state index in [0.29, 0.717) is 5.69 Å². The van der Waals surface area contributed by atoms with Crippen molar-refractivity contribution < 1.29 is 14.3 Å². The van der Waals surface area contributed by atoms with E-state index in [9.17, 15) is 9.59 Å². The topological polar surface area (TPSA) is 55.4 Å². The van der Waals surface area contributed by atoms with Gasteiger partial charge in [0, 0.05) is 10.6 Å². The Hall–Kier alpha value is -1.79. The summed E-state index contributed by atoms with van der Waals surface area (Å²) in [6, 6.07) is 9.35. The van der Waals surface area contributed by atoms with E-state index in [1.54, 1.807) is 17.8 Å². The van der Waals surface area contributed by atoms with E-state index >= 15 is 0 Å². The highest BCUT2D eigenvalue weighted by Gasteiger charge is 2.09. The van der Waals surface area contributed by atoms with Crippen molar-refractivity contribution in [2.24, 2.45) is 0 Å². The Balaban J connectivity index is 1.77. The zero-order valence-corrected chi connectivity index (χ0v) is 13.1. The SMILES string of the molecule is CSc1cccc(NC(=O)COC(=O)Cc2ccsc2)c1. The molecule has 0 saturated carbocycles. The summed E-state index contributed by atoms with van der Waals surface area (Å²) in [6.45, 7) is -0.271. The predicted octanol–water partition coefficient (Wildman–Crippen LogP) is 3.19. The van der Waals surface area contributed by atoms with Crippen LogP contribution in [0.15, 0.2) is 46.0 Å². The highest BCUT2D eigenvalue weighted by molar-refractivity contribution is 7.98. The van der Waals surface area contributed by atoms with Crippen LogP contribution in [0.5, 0.6) is 0 Å². The summed E-state index contributed by atoms with van der Waals surface area (Å²) in [6.07, 6.45) is 2.16. The smallest absolute Gasteiger partial charge is 0.310 e. The summed E-state index contributed by atoms with van der Waals surface area (Å²) < 4.78 is 4.95. The highest BCUT2D eigenvalue weighted by Crippen LogP contribution is 2.18. The second kappa shape index (κ2) is 7.85. The molecule has 1 amide bonds. The van der Waals surface area contributed by atoms with Gasteiger partial charge in [-0.15, -0.1) is 11.8 Å². The van der Waals surface area contributed by atoms with E-state index in [1.165, 1.54) is 11.3 Å². The number of carbonyl (C=O) groups is 2. The quantitative estimate of drug-likeness (QED) is 0.656. The number of carbonyl (C=O) groups excluding carboxylic acids is 2. The summed E-state index contributed by atoms with van der Waals surface area (Å²) in [5, 5.41) is 6.48. The molecule has 0 aliphatic rings. The van der Waals surface area contributed by atoms with Crippen LogP contribution in [0.3, 0.4) is 0 Å². The minimum Gasteiger partial charge on any atom is -0.455 e. The standard InChI is InChI=1S/C15H15NO3S2/c1-20-13-4-2-3-12(8-13)16-14(17)9-19-15(18)7-11-5-6-21-10-11/h2-6,8,10H,7,9H2,1H3,(H,16,17). The van der Waals surface area contributed by atoms with Crippen LogP contribution in [-0.4, -0.2) is 24.7 Å². The molecule has 0 fully saturated rings. The zero-order valence-electron chi connectivity index (χ0n) is 11.5. The molecule has 1 aromatic carbocycles. The number of anilines is 1. The lowest BCUT2D eigenvalue weighted by Crippen LogP contribution is -2.21. The lowest BCUT2D eigenvalue weighted by Gasteiger charge is -2.07. The summed E-state index contributed by atoms with van der Waals surface area (Å²) in [7, 11) is 0. The minimum absolute atomic E-state index is 0.193. The predicted molar refractivity (Wildman–Crippen MR) is 85.8 cm³/mol. The van der Waals surface area contributed by atoms with Gasteiger partial charge in [0.25, 0.3) is 5.91 Å². The van der Waals surface area contributed by atoms with Crippen LogP contribution in [0.4, 0.5) is 5.69 Å². The lowest BCUT2D eigenvalue weighted by atomic mass is 10.2. The third-order valence-corrected chi connectivity index (χ3v) is 4.10. The number of benzene rings is 1. The molecule has 2 aromatic rings. The molecule has 4 nitrogen and oxygen atoms in total. The van der Waals surface area contributed by atoms with E-state index in [2.05, 4.69) is 5.32 Å². The molecule has 0 saturated heterocycles. The van der Waals surface area contributed by atoms with E-state index in [1.807, 2.05) is 41.3 Å². The number of hydrogen-bond acceptors (Lipinski definition) is 5. The fourth-order valence-corrected chi connectivity index (χ4v) is 2.78. The third-order valence-electron chi connectivity index (χ3n) is 2.65. The maximum absolute atomic E-state index is 11.7. The zero-order chi connectivity index (χ0) is 15.1. The molecule has 0 atom stereocenters. The van der Waals surface area contributed by atoms with Crippen molar-refractivity contribution in [3.05, 3.63) is 46.7 Å². The number of hydrogen-bond donors (Lipinski definition) is 1. The molecular weight excluding hydrogens is 306 g/mol. The second-order valence-electron chi connectivity index (χ2n) is 4.25. The summed E-state index contributed by atoms with van der Waals surface area (Å²) in [5.41, 5.74) is 1.60. The first-order valence-corrected chi connectivity index (χ1v) is 8.45. The van der Waals surface area contributed by atoms with Gasteiger partial charge >= 0.3 is 5.97 Å². The lowest BCUT2D eigenvalue weighted by molar-refractivity contribution is -0.146. The average Bonchev–Trinajstić information content (AvgIpc) is 2.98. The molecule has 0 aliphatic carbocycles. The first-order valence-electron chi connectivity index (χ1n) is 6.28. The number of thiophene rings is 1. The number of thioether (sulfide) groups is 1. The largest absolute Gasteiger partial charge is 0.455 e. The van der Waals surface area contributed by atoms with Crippen molar-refractivity contribution >= 4 is 40.7 Å². The van der Waals surface area contributed by atoms with Gasteiger partial charge in [0.15, 0.2) is 6.61 Å². The van der Waals surface area contributed by atoms with E-state index in [0.717, 1.165) is 10.5 Å². The van der Waals surface area contributed by atoms with Gasteiger partial charge in [-0.05, 0) is 46.8 Å². The van der Waals surface area contributed by atoms with Crippen LogP contribution in [0.1, 0.15) is 5.56 Å². The first-order chi connectivity index (χ1) is 10.2. The van der Waals surface area contributed by atoms with Crippen molar-refractivity contribution in [2.75, 3.05) is 18.2 Å². The Bertz CT molecular complexity index is 611. The summed E-state index contributed by atoms with van der Waals surface area (Å²) >= 11 is 3.12. The molecule has 1 N–H and O–H groups in total. The van der Waals surface area contributed by atoms with Crippen LogP contribution in [-0.2, 0) is 20.7 Å². The third kappa shape index (κ3) is 5.24. The van der Waals surface area contributed by atoms with Gasteiger partial charge in [0.05, 0.1) is 6.42 Å². The Labute approximate surface area is 131 Å². The molecule has 21 heavy (non-hydrogen) atoms. The van der Waals surface area contributed by atoms with E-state index < -0.39 is 5.97 Å². The number of ether oxygens (including phenoxy) is 1. The van der Waals surface area contributed by atoms with Crippen molar-refractivity contribution in [1.29, 1.82) is 0 Å². The fourth-order valence-electron chi connectivity index (χ4n) is 1.65. The van der Waals surface area contributed by atoms with E-state index in [-0.39, 0.29) is 18.9 Å². The van der Waals surface area contributed by atoms with Crippen LogP contribution in [0, 0.1) is 0 Å². The van der Waals surface area contributed by atoms with Gasteiger partial charge in [-0.3, -0.25) is 9.59 Å². The Morgan fingerprint density at radius 1 is 1.33 bits per heavy atom. The number of esters is 1. The Morgan fingerprint density at radius 3 is 2.90 bits per heavy atom. The molecule has 110 valence electrons. The molecule has 0 radical (unpaired) electrons. The monoisotopic (exact) mass is 321 g/mol. The van der Waals surface area contributed by atoms with Gasteiger partial charge in [0.1, 0.15) is 0 Å². The molecule has 1 heterocycles. The van der Waals surface area contributed by atoms with Crippen molar-refractivity contribution in [1.82, 2.24) is 0 Å². The van der Waals surface area contributed by atoms with Gasteiger partial charge in [-0.2, -0.15) is 11.3 Å².